The SMILES string of the molecule is COC(=O)/C=C(/Nc1cc2[nH]c(=O)[nH]c2cc1OC)C(=O)OC. The van der Waals surface area contributed by atoms with Gasteiger partial charge in [-0.05, 0) is 6.07 Å². The summed E-state index contributed by atoms with van der Waals surface area (Å²) in [5.41, 5.74) is 0.873. The molecule has 1 heterocycles. The van der Waals surface area contributed by atoms with Crippen molar-refractivity contribution in [1.82, 2.24) is 9.97 Å². The Labute approximate surface area is 130 Å². The Morgan fingerprint density at radius 1 is 1.09 bits per heavy atom. The highest BCUT2D eigenvalue weighted by Crippen LogP contribution is 2.29. The van der Waals surface area contributed by atoms with Crippen LogP contribution in [-0.4, -0.2) is 43.2 Å². The average Bonchev–Trinajstić information content (AvgIpc) is 2.91. The van der Waals surface area contributed by atoms with Gasteiger partial charge in [-0.3, -0.25) is 0 Å². The molecule has 0 aliphatic carbocycles. The number of esters is 2. The van der Waals surface area contributed by atoms with Crippen molar-refractivity contribution in [2.45, 2.75) is 0 Å². The zero-order chi connectivity index (χ0) is 17.0. The molecule has 0 amide bonds. The first kappa shape index (κ1) is 16.1. The Morgan fingerprint density at radius 2 is 1.74 bits per heavy atom. The third-order valence-corrected chi connectivity index (χ3v) is 2.97. The number of imidazole rings is 1. The van der Waals surface area contributed by atoms with Crippen molar-refractivity contribution in [3.8, 4) is 5.75 Å². The molecule has 1 aromatic carbocycles. The summed E-state index contributed by atoms with van der Waals surface area (Å²) in [6, 6.07) is 3.13. The van der Waals surface area contributed by atoms with Crippen LogP contribution in [-0.2, 0) is 19.1 Å². The van der Waals surface area contributed by atoms with Crippen molar-refractivity contribution in [2.24, 2.45) is 0 Å². The lowest BCUT2D eigenvalue weighted by Crippen LogP contribution is -2.16. The van der Waals surface area contributed by atoms with E-state index in [4.69, 9.17) is 4.74 Å². The normalized spacial score (nSPS) is 11.2. The van der Waals surface area contributed by atoms with E-state index in [-0.39, 0.29) is 11.4 Å². The second-order valence-electron chi connectivity index (χ2n) is 4.37. The summed E-state index contributed by atoms with van der Waals surface area (Å²) in [4.78, 5) is 39.7. The lowest BCUT2D eigenvalue weighted by Gasteiger charge is -2.12. The van der Waals surface area contributed by atoms with Gasteiger partial charge in [-0.25, -0.2) is 14.4 Å². The van der Waals surface area contributed by atoms with Crippen LogP contribution in [0.3, 0.4) is 0 Å². The number of H-pyrrole nitrogens is 2. The standard InChI is InChI=1S/C14H15N3O6/c1-21-11-5-8-7(16-14(20)17-8)4-9(11)15-10(13(19)23-3)6-12(18)22-2/h4-6,15H,1-3H3,(H2,16,17,20)/b10-6+. The maximum atomic E-state index is 11.8. The van der Waals surface area contributed by atoms with Gasteiger partial charge in [-0.2, -0.15) is 0 Å². The van der Waals surface area contributed by atoms with Gasteiger partial charge in [-0.15, -0.1) is 0 Å². The molecule has 2 rings (SSSR count). The summed E-state index contributed by atoms with van der Waals surface area (Å²) >= 11 is 0. The number of aromatic nitrogens is 2. The van der Waals surface area contributed by atoms with Crippen LogP contribution in [0.25, 0.3) is 11.0 Å². The number of hydrogen-bond donors (Lipinski definition) is 3. The predicted molar refractivity (Wildman–Crippen MR) is 81.2 cm³/mol. The largest absolute Gasteiger partial charge is 0.494 e. The Kier molecular flexibility index (Phi) is 4.69. The van der Waals surface area contributed by atoms with Crippen LogP contribution < -0.4 is 15.7 Å². The maximum absolute atomic E-state index is 11.8. The Hall–Kier alpha value is -3.23. The monoisotopic (exact) mass is 321 g/mol. The molecule has 9 heteroatoms. The highest BCUT2D eigenvalue weighted by Gasteiger charge is 2.16. The number of methoxy groups -OCH3 is 3. The molecule has 0 aliphatic rings. The van der Waals surface area contributed by atoms with E-state index in [2.05, 4.69) is 24.8 Å². The van der Waals surface area contributed by atoms with E-state index < -0.39 is 11.9 Å². The van der Waals surface area contributed by atoms with Gasteiger partial charge in [-0.1, -0.05) is 0 Å². The van der Waals surface area contributed by atoms with Crippen LogP contribution in [0.5, 0.6) is 5.75 Å². The summed E-state index contributed by atoms with van der Waals surface area (Å²) in [5, 5.41) is 2.74. The van der Waals surface area contributed by atoms with Crippen molar-refractivity contribution >= 4 is 28.7 Å². The van der Waals surface area contributed by atoms with Crippen molar-refractivity contribution in [3.05, 3.63) is 34.4 Å². The number of aromatic amines is 2. The molecule has 0 fully saturated rings. The molecule has 23 heavy (non-hydrogen) atoms. The van der Waals surface area contributed by atoms with E-state index in [0.717, 1.165) is 6.08 Å². The molecule has 0 unspecified atom stereocenters. The highest BCUT2D eigenvalue weighted by molar-refractivity contribution is 5.99. The van der Waals surface area contributed by atoms with Crippen LogP contribution >= 0.6 is 0 Å². The molecule has 0 radical (unpaired) electrons. The third-order valence-electron chi connectivity index (χ3n) is 2.97. The molecule has 3 N–H and O–H groups in total. The molecule has 0 bridgehead atoms. The van der Waals surface area contributed by atoms with Crippen LogP contribution in [0.2, 0.25) is 0 Å². The fourth-order valence-electron chi connectivity index (χ4n) is 1.91. The van der Waals surface area contributed by atoms with Gasteiger partial charge in [0.05, 0.1) is 44.1 Å². The molecule has 2 aromatic rings. The number of carbonyl (C=O) groups excluding carboxylic acids is 2. The summed E-state index contributed by atoms with van der Waals surface area (Å²) < 4.78 is 14.3. The Balaban J connectivity index is 2.48. The topological polar surface area (TPSA) is 123 Å². The smallest absolute Gasteiger partial charge is 0.354 e. The lowest BCUT2D eigenvalue weighted by atomic mass is 10.2. The van der Waals surface area contributed by atoms with Crippen molar-refractivity contribution in [2.75, 3.05) is 26.6 Å². The van der Waals surface area contributed by atoms with Crippen LogP contribution in [0.1, 0.15) is 0 Å². The third kappa shape index (κ3) is 3.51. The van der Waals surface area contributed by atoms with Gasteiger partial charge in [0, 0.05) is 6.07 Å². The quantitative estimate of drug-likeness (QED) is 0.541. The highest BCUT2D eigenvalue weighted by atomic mass is 16.5. The molecular weight excluding hydrogens is 306 g/mol. The van der Waals surface area contributed by atoms with Gasteiger partial charge < -0.3 is 29.5 Å². The number of anilines is 1. The van der Waals surface area contributed by atoms with E-state index in [1.807, 2.05) is 0 Å². The minimum absolute atomic E-state index is 0.144. The molecule has 0 saturated carbocycles. The number of nitrogens with one attached hydrogen (secondary N) is 3. The first-order chi connectivity index (χ1) is 11.0. The summed E-state index contributed by atoms with van der Waals surface area (Å²) in [6.45, 7) is 0. The van der Waals surface area contributed by atoms with Crippen LogP contribution in [0.15, 0.2) is 28.7 Å². The van der Waals surface area contributed by atoms with Gasteiger partial charge in [0.2, 0.25) is 0 Å². The van der Waals surface area contributed by atoms with Gasteiger partial charge in [0.1, 0.15) is 11.4 Å². The van der Waals surface area contributed by atoms with Crippen LogP contribution in [0.4, 0.5) is 5.69 Å². The van der Waals surface area contributed by atoms with E-state index in [1.54, 1.807) is 12.1 Å². The van der Waals surface area contributed by atoms with Crippen molar-refractivity contribution in [3.63, 3.8) is 0 Å². The fourth-order valence-corrected chi connectivity index (χ4v) is 1.91. The number of carbonyl (C=O) groups is 2. The maximum Gasteiger partial charge on any atom is 0.354 e. The van der Waals surface area contributed by atoms with Gasteiger partial charge in [0.25, 0.3) is 0 Å². The van der Waals surface area contributed by atoms with Crippen molar-refractivity contribution in [1.29, 1.82) is 0 Å². The summed E-state index contributed by atoms with van der Waals surface area (Å²) in [5.74, 6) is -1.14. The molecule has 1 aromatic heterocycles. The van der Waals surface area contributed by atoms with Crippen molar-refractivity contribution < 1.29 is 23.8 Å². The molecule has 122 valence electrons. The number of benzene rings is 1. The zero-order valence-electron chi connectivity index (χ0n) is 12.7. The zero-order valence-corrected chi connectivity index (χ0v) is 12.7. The van der Waals surface area contributed by atoms with E-state index >= 15 is 0 Å². The number of ether oxygens (including phenoxy) is 3. The number of hydrogen-bond acceptors (Lipinski definition) is 7. The predicted octanol–water partition coefficient (Wildman–Crippen LogP) is 0.507. The van der Waals surface area contributed by atoms with E-state index in [1.165, 1.54) is 21.3 Å². The molecule has 0 spiro atoms. The van der Waals surface area contributed by atoms with Crippen LogP contribution in [0, 0.1) is 0 Å². The summed E-state index contributed by atoms with van der Waals surface area (Å²) in [7, 11) is 3.79. The minimum Gasteiger partial charge on any atom is -0.494 e. The van der Waals surface area contributed by atoms with E-state index in [0.29, 0.717) is 22.5 Å². The van der Waals surface area contributed by atoms with Gasteiger partial charge >= 0.3 is 17.6 Å². The molecule has 0 aliphatic heterocycles. The second-order valence-corrected chi connectivity index (χ2v) is 4.37. The Morgan fingerprint density at radius 3 is 2.30 bits per heavy atom. The van der Waals surface area contributed by atoms with Gasteiger partial charge in [0.15, 0.2) is 0 Å². The molecule has 0 saturated heterocycles. The van der Waals surface area contributed by atoms with E-state index in [9.17, 15) is 14.4 Å². The first-order valence-corrected chi connectivity index (χ1v) is 6.43. The Bertz CT molecular complexity index is 833. The minimum atomic E-state index is -0.764. The summed E-state index contributed by atoms with van der Waals surface area (Å²) in [6.07, 6.45) is 0.954. The number of fused-ring (bicyclic) bond motifs is 1. The molecule has 0 atom stereocenters. The second kappa shape index (κ2) is 6.69. The molecular formula is C14H15N3O6. The first-order valence-electron chi connectivity index (χ1n) is 6.43. The fraction of sp³-hybridized carbons (Fsp3) is 0.214. The number of rotatable bonds is 5. The average molecular weight is 321 g/mol. The lowest BCUT2D eigenvalue weighted by molar-refractivity contribution is -0.138. The molecule has 9 nitrogen and oxygen atoms in total.